The lowest BCUT2D eigenvalue weighted by atomic mass is 9.99. The fraction of sp³-hybridized carbons (Fsp3) is 0.533. The van der Waals surface area contributed by atoms with Gasteiger partial charge in [0.2, 0.25) is 5.91 Å². The number of nitrogens with one attached hydrogen (secondary N) is 2. The second kappa shape index (κ2) is 6.93. The summed E-state index contributed by atoms with van der Waals surface area (Å²) < 4.78 is 0. The van der Waals surface area contributed by atoms with E-state index in [-0.39, 0.29) is 11.8 Å². The fourth-order valence-corrected chi connectivity index (χ4v) is 2.38. The van der Waals surface area contributed by atoms with Gasteiger partial charge in [0, 0.05) is 32.3 Å². The van der Waals surface area contributed by atoms with E-state index < -0.39 is 0 Å². The molecule has 1 saturated heterocycles. The van der Waals surface area contributed by atoms with Gasteiger partial charge in [-0.05, 0) is 24.8 Å². The monoisotopic (exact) mass is 288 g/mol. The van der Waals surface area contributed by atoms with Crippen molar-refractivity contribution in [2.24, 2.45) is 5.92 Å². The summed E-state index contributed by atoms with van der Waals surface area (Å²) in [6.07, 6.45) is 3.90. The van der Waals surface area contributed by atoms with Crippen molar-refractivity contribution >= 4 is 11.8 Å². The molecule has 21 heavy (non-hydrogen) atoms. The number of rotatable bonds is 4. The minimum absolute atomic E-state index is 0.0893. The molecule has 0 spiro atoms. The summed E-state index contributed by atoms with van der Waals surface area (Å²) >= 11 is 0. The molecule has 0 aromatic carbocycles. The maximum absolute atomic E-state index is 12.0. The number of piperidine rings is 1. The van der Waals surface area contributed by atoms with Crippen LogP contribution in [0.4, 0.5) is 0 Å². The number of nitrogens with zero attached hydrogens (tertiary/aromatic N) is 2. The topological polar surface area (TPSA) is 89.0 Å². The number of hydrogen-bond donors (Lipinski definition) is 2. The molecule has 1 aromatic heterocycles. The molecule has 0 unspecified atom stereocenters. The summed E-state index contributed by atoms with van der Waals surface area (Å²) in [4.78, 5) is 28.4. The Morgan fingerprint density at radius 3 is 2.81 bits per heavy atom. The number of aromatic amines is 1. The summed E-state index contributed by atoms with van der Waals surface area (Å²) in [6, 6.07) is 3.44. The molecule has 0 saturated carbocycles. The van der Waals surface area contributed by atoms with Crippen LogP contribution < -0.4 is 5.32 Å². The van der Waals surface area contributed by atoms with Gasteiger partial charge < -0.3 is 15.2 Å². The average Bonchev–Trinajstić information content (AvgIpc) is 2.96. The molecule has 2 rings (SSSR count). The van der Waals surface area contributed by atoms with E-state index >= 15 is 0 Å². The zero-order chi connectivity index (χ0) is 15.2. The maximum Gasteiger partial charge on any atom is 0.267 e. The SMILES string of the molecule is CC1CCN(C(=O)CCNC(=O)c2cc(C#N)c[nH]2)CC1. The molecule has 1 fully saturated rings. The Kier molecular flexibility index (Phi) is 4.99. The predicted octanol–water partition coefficient (Wildman–Crippen LogP) is 1.26. The highest BCUT2D eigenvalue weighted by Gasteiger charge is 2.20. The highest BCUT2D eigenvalue weighted by molar-refractivity contribution is 5.93. The zero-order valence-electron chi connectivity index (χ0n) is 12.2. The van der Waals surface area contributed by atoms with Crippen molar-refractivity contribution in [3.63, 3.8) is 0 Å². The van der Waals surface area contributed by atoms with E-state index in [1.54, 1.807) is 0 Å². The van der Waals surface area contributed by atoms with Crippen molar-refractivity contribution in [1.29, 1.82) is 5.26 Å². The van der Waals surface area contributed by atoms with Crippen LogP contribution in [0.3, 0.4) is 0 Å². The predicted molar refractivity (Wildman–Crippen MR) is 77.4 cm³/mol. The Balaban J connectivity index is 1.72. The lowest BCUT2D eigenvalue weighted by molar-refractivity contribution is -0.132. The van der Waals surface area contributed by atoms with Crippen molar-refractivity contribution in [3.05, 3.63) is 23.5 Å². The van der Waals surface area contributed by atoms with Crippen LogP contribution in [-0.4, -0.2) is 41.3 Å². The lowest BCUT2D eigenvalue weighted by Crippen LogP contribution is -2.39. The van der Waals surface area contributed by atoms with Crippen LogP contribution in [0.25, 0.3) is 0 Å². The molecule has 1 aliphatic rings. The molecule has 2 N–H and O–H groups in total. The number of carbonyl (C=O) groups is 2. The van der Waals surface area contributed by atoms with Crippen molar-refractivity contribution in [3.8, 4) is 6.07 Å². The Hall–Kier alpha value is -2.29. The first-order valence-electron chi connectivity index (χ1n) is 7.24. The van der Waals surface area contributed by atoms with E-state index in [4.69, 9.17) is 5.26 Å². The Bertz CT molecular complexity index is 550. The van der Waals surface area contributed by atoms with Crippen molar-refractivity contribution in [2.75, 3.05) is 19.6 Å². The molecule has 1 aliphatic heterocycles. The first kappa shape index (κ1) is 15.1. The molecule has 0 bridgehead atoms. The molecular weight excluding hydrogens is 268 g/mol. The summed E-state index contributed by atoms with van der Waals surface area (Å²) in [5.41, 5.74) is 0.754. The third-order valence-corrected chi connectivity index (χ3v) is 3.82. The van der Waals surface area contributed by atoms with Gasteiger partial charge in [0.05, 0.1) is 5.56 Å². The number of aromatic nitrogens is 1. The van der Waals surface area contributed by atoms with Crippen LogP contribution in [0.15, 0.2) is 12.3 Å². The third kappa shape index (κ3) is 4.09. The molecule has 1 aromatic rings. The standard InChI is InChI=1S/C15H20N4O2/c1-11-3-6-19(7-4-11)14(20)2-5-17-15(21)13-8-12(9-16)10-18-13/h8,10-11,18H,2-7H2,1H3,(H,17,21). The Morgan fingerprint density at radius 2 is 2.19 bits per heavy atom. The Morgan fingerprint density at radius 1 is 1.48 bits per heavy atom. The number of amides is 2. The summed E-state index contributed by atoms with van der Waals surface area (Å²) in [7, 11) is 0. The summed E-state index contributed by atoms with van der Waals surface area (Å²) in [5.74, 6) is 0.485. The maximum atomic E-state index is 12.0. The van der Waals surface area contributed by atoms with Gasteiger partial charge >= 0.3 is 0 Å². The summed E-state index contributed by atoms with van der Waals surface area (Å²) in [5, 5.41) is 11.4. The minimum Gasteiger partial charge on any atom is -0.356 e. The molecule has 2 heterocycles. The van der Waals surface area contributed by atoms with Gasteiger partial charge in [0.25, 0.3) is 5.91 Å². The van der Waals surface area contributed by atoms with Gasteiger partial charge in [-0.15, -0.1) is 0 Å². The molecule has 2 amide bonds. The Labute approximate surface area is 124 Å². The van der Waals surface area contributed by atoms with E-state index in [1.807, 2.05) is 11.0 Å². The third-order valence-electron chi connectivity index (χ3n) is 3.82. The van der Waals surface area contributed by atoms with Crippen molar-refractivity contribution in [1.82, 2.24) is 15.2 Å². The van der Waals surface area contributed by atoms with Crippen LogP contribution in [0.1, 0.15) is 42.2 Å². The largest absolute Gasteiger partial charge is 0.356 e. The number of nitriles is 1. The van der Waals surface area contributed by atoms with Gasteiger partial charge in [0.15, 0.2) is 0 Å². The van der Waals surface area contributed by atoms with E-state index in [1.165, 1.54) is 12.3 Å². The molecule has 112 valence electrons. The second-order valence-electron chi connectivity index (χ2n) is 5.48. The lowest BCUT2D eigenvalue weighted by Gasteiger charge is -2.30. The van der Waals surface area contributed by atoms with Crippen LogP contribution in [-0.2, 0) is 4.79 Å². The first-order chi connectivity index (χ1) is 10.1. The average molecular weight is 288 g/mol. The first-order valence-corrected chi connectivity index (χ1v) is 7.24. The van der Waals surface area contributed by atoms with Crippen LogP contribution in [0, 0.1) is 17.2 Å². The number of likely N-dealkylation sites (tertiary alicyclic amines) is 1. The molecule has 0 aliphatic carbocycles. The molecule has 0 radical (unpaired) electrons. The van der Waals surface area contributed by atoms with Gasteiger partial charge in [0.1, 0.15) is 11.8 Å². The molecule has 0 atom stereocenters. The van der Waals surface area contributed by atoms with E-state index in [9.17, 15) is 9.59 Å². The molecule has 6 nitrogen and oxygen atoms in total. The zero-order valence-corrected chi connectivity index (χ0v) is 12.2. The fourth-order valence-electron chi connectivity index (χ4n) is 2.38. The smallest absolute Gasteiger partial charge is 0.267 e. The molecular formula is C15H20N4O2. The van der Waals surface area contributed by atoms with E-state index in [0.717, 1.165) is 25.9 Å². The quantitative estimate of drug-likeness (QED) is 0.874. The van der Waals surface area contributed by atoms with Crippen LogP contribution >= 0.6 is 0 Å². The van der Waals surface area contributed by atoms with Gasteiger partial charge in [-0.1, -0.05) is 6.92 Å². The van der Waals surface area contributed by atoms with Crippen molar-refractivity contribution in [2.45, 2.75) is 26.2 Å². The number of carbonyl (C=O) groups excluding carboxylic acids is 2. The van der Waals surface area contributed by atoms with E-state index in [0.29, 0.717) is 30.1 Å². The van der Waals surface area contributed by atoms with Gasteiger partial charge in [-0.3, -0.25) is 9.59 Å². The van der Waals surface area contributed by atoms with Gasteiger partial charge in [-0.25, -0.2) is 0 Å². The van der Waals surface area contributed by atoms with E-state index in [2.05, 4.69) is 17.2 Å². The van der Waals surface area contributed by atoms with Crippen LogP contribution in [0.5, 0.6) is 0 Å². The van der Waals surface area contributed by atoms with Crippen LogP contribution in [0.2, 0.25) is 0 Å². The second-order valence-corrected chi connectivity index (χ2v) is 5.48. The number of hydrogen-bond acceptors (Lipinski definition) is 3. The highest BCUT2D eigenvalue weighted by Crippen LogP contribution is 2.16. The number of H-pyrrole nitrogens is 1. The van der Waals surface area contributed by atoms with Crippen molar-refractivity contribution < 1.29 is 9.59 Å². The molecule has 6 heteroatoms. The summed E-state index contributed by atoms with van der Waals surface area (Å²) in [6.45, 7) is 4.14. The van der Waals surface area contributed by atoms with Gasteiger partial charge in [-0.2, -0.15) is 5.26 Å². The normalized spacial score (nSPS) is 15.5. The minimum atomic E-state index is -0.295. The highest BCUT2D eigenvalue weighted by atomic mass is 16.2.